The van der Waals surface area contributed by atoms with Crippen LogP contribution in [0, 0.1) is 11.7 Å². The van der Waals surface area contributed by atoms with Crippen LogP contribution in [0.3, 0.4) is 0 Å². The van der Waals surface area contributed by atoms with Crippen LogP contribution in [0.1, 0.15) is 39.7 Å². The van der Waals surface area contributed by atoms with Crippen LogP contribution in [0.5, 0.6) is 0 Å². The van der Waals surface area contributed by atoms with Crippen molar-refractivity contribution < 1.29 is 9.18 Å². The van der Waals surface area contributed by atoms with E-state index in [1.54, 1.807) is 11.3 Å². The van der Waals surface area contributed by atoms with Gasteiger partial charge in [0.1, 0.15) is 0 Å². The van der Waals surface area contributed by atoms with E-state index in [2.05, 4.69) is 16.4 Å². The quantitative estimate of drug-likeness (QED) is 0.851. The molecule has 3 heterocycles. The first-order chi connectivity index (χ1) is 10.3. The zero-order valence-electron chi connectivity index (χ0n) is 11.5. The maximum absolute atomic E-state index is 13.9. The summed E-state index contributed by atoms with van der Waals surface area (Å²) in [6.07, 6.45) is 5.77. The molecule has 0 saturated heterocycles. The van der Waals surface area contributed by atoms with Gasteiger partial charge < -0.3 is 4.90 Å². The fourth-order valence-corrected chi connectivity index (χ4v) is 4.11. The predicted molar refractivity (Wildman–Crippen MR) is 78.7 cm³/mol. The number of aromatic nitrogens is 1. The fraction of sp³-hybridized carbons (Fsp3) is 0.375. The highest BCUT2D eigenvalue weighted by atomic mass is 32.1. The average molecular weight is 302 g/mol. The molecule has 0 radical (unpaired) electrons. The monoisotopic (exact) mass is 302 g/mol. The van der Waals surface area contributed by atoms with Crippen LogP contribution in [-0.2, 0) is 6.42 Å². The standard InChI is InChI=1S/C16H15FN2OS/c17-13-9-18-6-3-11(13)16(20)19-7-4-14-12(5-8-21-14)15(19)10-1-2-10/h3,5-6,8-10,15H,1-2,4,7H2. The van der Waals surface area contributed by atoms with Crippen molar-refractivity contribution in [3.05, 3.63) is 51.7 Å². The van der Waals surface area contributed by atoms with Gasteiger partial charge in [-0.2, -0.15) is 0 Å². The van der Waals surface area contributed by atoms with E-state index in [0.29, 0.717) is 12.5 Å². The molecule has 2 aromatic heterocycles. The Bertz CT molecular complexity index is 695. The van der Waals surface area contributed by atoms with Crippen LogP contribution in [0.25, 0.3) is 0 Å². The van der Waals surface area contributed by atoms with Crippen molar-refractivity contribution in [1.82, 2.24) is 9.88 Å². The maximum atomic E-state index is 13.9. The van der Waals surface area contributed by atoms with Gasteiger partial charge >= 0.3 is 0 Å². The number of carbonyl (C=O) groups excluding carboxylic acids is 1. The largest absolute Gasteiger partial charge is 0.331 e. The first-order valence-corrected chi connectivity index (χ1v) is 8.10. The molecular formula is C16H15FN2OS. The van der Waals surface area contributed by atoms with E-state index < -0.39 is 5.82 Å². The van der Waals surface area contributed by atoms with Gasteiger partial charge in [-0.25, -0.2) is 4.39 Å². The number of thiophene rings is 1. The molecule has 2 aromatic rings. The lowest BCUT2D eigenvalue weighted by molar-refractivity contribution is 0.0632. The van der Waals surface area contributed by atoms with Gasteiger partial charge in [-0.3, -0.25) is 9.78 Å². The third kappa shape index (κ3) is 2.16. The van der Waals surface area contributed by atoms with Gasteiger partial charge in [0.25, 0.3) is 5.91 Å². The number of pyridine rings is 1. The van der Waals surface area contributed by atoms with Gasteiger partial charge in [-0.15, -0.1) is 11.3 Å². The van der Waals surface area contributed by atoms with E-state index in [9.17, 15) is 9.18 Å². The van der Waals surface area contributed by atoms with Gasteiger partial charge in [0.05, 0.1) is 17.8 Å². The SMILES string of the molecule is O=C(c1ccncc1F)N1CCc2sccc2C1C1CC1. The normalized spacial score (nSPS) is 21.2. The number of fused-ring (bicyclic) bond motifs is 1. The molecule has 1 unspecified atom stereocenters. The minimum Gasteiger partial charge on any atom is -0.331 e. The van der Waals surface area contributed by atoms with Crippen LogP contribution in [0.2, 0.25) is 0 Å². The van der Waals surface area contributed by atoms with Crippen LogP contribution in [0.4, 0.5) is 4.39 Å². The Morgan fingerprint density at radius 1 is 1.38 bits per heavy atom. The molecular weight excluding hydrogens is 287 g/mol. The molecule has 5 heteroatoms. The maximum Gasteiger partial charge on any atom is 0.257 e. The summed E-state index contributed by atoms with van der Waals surface area (Å²) < 4.78 is 13.9. The van der Waals surface area contributed by atoms with Crippen molar-refractivity contribution in [2.75, 3.05) is 6.54 Å². The lowest BCUT2D eigenvalue weighted by Gasteiger charge is -2.36. The second-order valence-corrected chi connectivity index (χ2v) is 6.69. The van der Waals surface area contributed by atoms with Crippen molar-refractivity contribution in [3.63, 3.8) is 0 Å². The summed E-state index contributed by atoms with van der Waals surface area (Å²) in [7, 11) is 0. The molecule has 0 aromatic carbocycles. The first-order valence-electron chi connectivity index (χ1n) is 7.22. The van der Waals surface area contributed by atoms with Gasteiger partial charge in [0, 0.05) is 17.6 Å². The third-order valence-electron chi connectivity index (χ3n) is 4.35. The Morgan fingerprint density at radius 2 is 2.24 bits per heavy atom. The number of halogens is 1. The van der Waals surface area contributed by atoms with Gasteiger partial charge in [0.2, 0.25) is 0 Å². The van der Waals surface area contributed by atoms with E-state index in [0.717, 1.165) is 25.5 Å². The fourth-order valence-electron chi connectivity index (χ4n) is 3.20. The van der Waals surface area contributed by atoms with E-state index in [1.807, 2.05) is 4.90 Å². The van der Waals surface area contributed by atoms with Crippen molar-refractivity contribution in [3.8, 4) is 0 Å². The van der Waals surface area contributed by atoms with Gasteiger partial charge in [0.15, 0.2) is 5.82 Å². The molecule has 4 rings (SSSR count). The Hall–Kier alpha value is -1.75. The second kappa shape index (κ2) is 4.91. The number of nitrogens with zero attached hydrogens (tertiary/aromatic N) is 2. The van der Waals surface area contributed by atoms with E-state index in [1.165, 1.54) is 22.7 Å². The summed E-state index contributed by atoms with van der Waals surface area (Å²) >= 11 is 1.76. The Morgan fingerprint density at radius 3 is 3.00 bits per heavy atom. The van der Waals surface area contributed by atoms with Crippen molar-refractivity contribution in [2.24, 2.45) is 5.92 Å². The number of hydrogen-bond donors (Lipinski definition) is 0. The molecule has 0 spiro atoms. The molecule has 1 atom stereocenters. The van der Waals surface area contributed by atoms with Crippen LogP contribution >= 0.6 is 11.3 Å². The first kappa shape index (κ1) is 13.0. The van der Waals surface area contributed by atoms with Crippen LogP contribution in [0.15, 0.2) is 29.9 Å². The summed E-state index contributed by atoms with van der Waals surface area (Å²) in [5, 5.41) is 2.10. The molecule has 1 amide bonds. The smallest absolute Gasteiger partial charge is 0.257 e. The summed E-state index contributed by atoms with van der Waals surface area (Å²) in [4.78, 5) is 19.7. The van der Waals surface area contributed by atoms with Crippen LogP contribution < -0.4 is 0 Å². The molecule has 0 bridgehead atoms. The third-order valence-corrected chi connectivity index (χ3v) is 5.34. The molecule has 1 aliphatic heterocycles. The summed E-state index contributed by atoms with van der Waals surface area (Å²) in [6.45, 7) is 0.676. The van der Waals surface area contributed by atoms with Crippen molar-refractivity contribution in [1.29, 1.82) is 0 Å². The topological polar surface area (TPSA) is 33.2 Å². The lowest BCUT2D eigenvalue weighted by Crippen LogP contribution is -2.40. The Kier molecular flexibility index (Phi) is 3.03. The van der Waals surface area contributed by atoms with E-state index in [-0.39, 0.29) is 17.5 Å². The van der Waals surface area contributed by atoms with Crippen LogP contribution in [-0.4, -0.2) is 22.3 Å². The number of rotatable bonds is 2. The highest BCUT2D eigenvalue weighted by molar-refractivity contribution is 7.10. The highest BCUT2D eigenvalue weighted by Gasteiger charge is 2.42. The number of hydrogen-bond acceptors (Lipinski definition) is 3. The predicted octanol–water partition coefficient (Wildman–Crippen LogP) is 3.43. The number of amides is 1. The number of carbonyl (C=O) groups is 1. The molecule has 1 fully saturated rings. The zero-order valence-corrected chi connectivity index (χ0v) is 12.3. The molecule has 0 N–H and O–H groups in total. The summed E-state index contributed by atoms with van der Waals surface area (Å²) in [5.41, 5.74) is 1.41. The molecule has 21 heavy (non-hydrogen) atoms. The molecule has 3 nitrogen and oxygen atoms in total. The molecule has 108 valence electrons. The molecule has 2 aliphatic rings. The average Bonchev–Trinajstić information content (AvgIpc) is 3.22. The van der Waals surface area contributed by atoms with E-state index in [4.69, 9.17) is 0 Å². The molecule has 1 saturated carbocycles. The van der Waals surface area contributed by atoms with E-state index >= 15 is 0 Å². The zero-order chi connectivity index (χ0) is 14.4. The highest BCUT2D eigenvalue weighted by Crippen LogP contribution is 2.48. The Labute approximate surface area is 126 Å². The summed E-state index contributed by atoms with van der Waals surface area (Å²) in [5.74, 6) is -0.204. The minimum atomic E-state index is -0.534. The summed E-state index contributed by atoms with van der Waals surface area (Å²) in [6, 6.07) is 3.73. The molecule has 1 aliphatic carbocycles. The van der Waals surface area contributed by atoms with Crippen molar-refractivity contribution in [2.45, 2.75) is 25.3 Å². The van der Waals surface area contributed by atoms with Gasteiger partial charge in [-0.05, 0) is 48.3 Å². The Balaban J connectivity index is 1.71. The second-order valence-electron chi connectivity index (χ2n) is 5.69. The minimum absolute atomic E-state index is 0.125. The van der Waals surface area contributed by atoms with Gasteiger partial charge in [-0.1, -0.05) is 0 Å². The lowest BCUT2D eigenvalue weighted by atomic mass is 9.95. The van der Waals surface area contributed by atoms with Crippen molar-refractivity contribution >= 4 is 17.2 Å².